The van der Waals surface area contributed by atoms with Gasteiger partial charge in [0.15, 0.2) is 0 Å². The molecular weight excluding hydrogens is 260 g/mol. The minimum absolute atomic E-state index is 0.795. The third-order valence-electron chi connectivity index (χ3n) is 3.59. The zero-order chi connectivity index (χ0) is 15.2. The molecule has 1 heterocycles. The number of benzene rings is 1. The van der Waals surface area contributed by atoms with Gasteiger partial charge < -0.3 is 15.1 Å². The summed E-state index contributed by atoms with van der Waals surface area (Å²) in [6.07, 6.45) is 1.13. The molecule has 0 fully saturated rings. The second-order valence-corrected chi connectivity index (χ2v) is 5.77. The van der Waals surface area contributed by atoms with Crippen molar-refractivity contribution in [3.05, 3.63) is 36.0 Å². The number of anilines is 1. The highest BCUT2D eigenvalue weighted by molar-refractivity contribution is 5.92. The average molecular weight is 286 g/mol. The fourth-order valence-corrected chi connectivity index (χ4v) is 2.53. The highest BCUT2D eigenvalue weighted by Gasteiger charge is 2.10. The molecule has 1 aromatic carbocycles. The first-order valence-electron chi connectivity index (χ1n) is 7.51. The van der Waals surface area contributed by atoms with E-state index in [1.165, 1.54) is 10.8 Å². The van der Waals surface area contributed by atoms with E-state index in [0.29, 0.717) is 0 Å². The van der Waals surface area contributed by atoms with Crippen molar-refractivity contribution in [3.8, 4) is 0 Å². The molecule has 114 valence electrons. The van der Waals surface area contributed by atoms with E-state index >= 15 is 0 Å². The van der Waals surface area contributed by atoms with E-state index in [1.54, 1.807) is 0 Å². The van der Waals surface area contributed by atoms with Crippen molar-refractivity contribution in [2.45, 2.75) is 13.0 Å². The minimum atomic E-state index is 0.795. The predicted octanol–water partition coefficient (Wildman–Crippen LogP) is 2.34. The molecule has 4 nitrogen and oxygen atoms in total. The van der Waals surface area contributed by atoms with E-state index < -0.39 is 0 Å². The Morgan fingerprint density at radius 1 is 1.10 bits per heavy atom. The molecule has 0 atom stereocenters. The normalized spacial score (nSPS) is 11.3. The Morgan fingerprint density at radius 2 is 1.86 bits per heavy atom. The maximum Gasteiger partial charge on any atom is 0.136 e. The molecule has 0 saturated heterocycles. The quantitative estimate of drug-likeness (QED) is 0.846. The molecule has 2 rings (SSSR count). The third-order valence-corrected chi connectivity index (χ3v) is 3.59. The molecule has 0 amide bonds. The van der Waals surface area contributed by atoms with Crippen molar-refractivity contribution >= 4 is 16.6 Å². The number of aromatic nitrogens is 1. The highest BCUT2D eigenvalue weighted by Crippen LogP contribution is 2.25. The lowest BCUT2D eigenvalue weighted by Crippen LogP contribution is -2.24. The van der Waals surface area contributed by atoms with Crippen molar-refractivity contribution in [1.82, 2.24) is 15.2 Å². The van der Waals surface area contributed by atoms with Crippen LogP contribution in [-0.2, 0) is 6.54 Å². The number of hydrogen-bond acceptors (Lipinski definition) is 4. The summed E-state index contributed by atoms with van der Waals surface area (Å²) in [5, 5.41) is 5.67. The lowest BCUT2D eigenvalue weighted by atomic mass is 10.1. The van der Waals surface area contributed by atoms with E-state index in [4.69, 9.17) is 4.98 Å². The van der Waals surface area contributed by atoms with Crippen LogP contribution >= 0.6 is 0 Å². The van der Waals surface area contributed by atoms with Crippen LogP contribution in [0.15, 0.2) is 30.3 Å². The molecule has 21 heavy (non-hydrogen) atoms. The monoisotopic (exact) mass is 286 g/mol. The van der Waals surface area contributed by atoms with Gasteiger partial charge in [0.05, 0.1) is 5.69 Å². The standard InChI is InChI=1S/C17H26N4/c1-18-13-15-12-14-8-5-6-9-16(14)17(19-15)21(4)11-7-10-20(2)3/h5-6,8-9,12,18H,7,10-11,13H2,1-4H3. The zero-order valence-corrected chi connectivity index (χ0v) is 13.6. The number of fused-ring (bicyclic) bond motifs is 1. The Balaban J connectivity index is 2.27. The molecule has 0 unspecified atom stereocenters. The Bertz CT molecular complexity index is 580. The van der Waals surface area contributed by atoms with E-state index in [-0.39, 0.29) is 0 Å². The van der Waals surface area contributed by atoms with Gasteiger partial charge in [-0.15, -0.1) is 0 Å². The second-order valence-electron chi connectivity index (χ2n) is 5.77. The van der Waals surface area contributed by atoms with Crippen molar-refractivity contribution < 1.29 is 0 Å². The van der Waals surface area contributed by atoms with Crippen LogP contribution in [0, 0.1) is 0 Å². The third kappa shape index (κ3) is 4.16. The van der Waals surface area contributed by atoms with Gasteiger partial charge in [-0.1, -0.05) is 24.3 Å². The number of rotatable bonds is 7. The highest BCUT2D eigenvalue weighted by atomic mass is 15.2. The van der Waals surface area contributed by atoms with Crippen LogP contribution in [0.2, 0.25) is 0 Å². The van der Waals surface area contributed by atoms with Crippen molar-refractivity contribution in [1.29, 1.82) is 0 Å². The Kier molecular flexibility index (Phi) is 5.53. The molecule has 2 aromatic rings. The summed E-state index contributed by atoms with van der Waals surface area (Å²) in [5.74, 6) is 1.08. The molecule has 1 N–H and O–H groups in total. The largest absolute Gasteiger partial charge is 0.359 e. The summed E-state index contributed by atoms with van der Waals surface area (Å²) >= 11 is 0. The topological polar surface area (TPSA) is 31.4 Å². The van der Waals surface area contributed by atoms with Crippen molar-refractivity contribution in [3.63, 3.8) is 0 Å². The van der Waals surface area contributed by atoms with E-state index in [1.807, 2.05) is 7.05 Å². The summed E-state index contributed by atoms with van der Waals surface area (Å²) in [6.45, 7) is 2.90. The van der Waals surface area contributed by atoms with E-state index in [2.05, 4.69) is 66.6 Å². The maximum absolute atomic E-state index is 4.84. The van der Waals surface area contributed by atoms with Gasteiger partial charge in [0.2, 0.25) is 0 Å². The van der Waals surface area contributed by atoms with E-state index in [9.17, 15) is 0 Å². The van der Waals surface area contributed by atoms with E-state index in [0.717, 1.165) is 37.6 Å². The molecule has 0 aliphatic carbocycles. The van der Waals surface area contributed by atoms with Gasteiger partial charge in [0, 0.05) is 25.5 Å². The molecule has 4 heteroatoms. The Morgan fingerprint density at radius 3 is 2.57 bits per heavy atom. The van der Waals surface area contributed by atoms with Gasteiger partial charge in [-0.2, -0.15) is 0 Å². The Labute approximate surface area is 127 Å². The van der Waals surface area contributed by atoms with Gasteiger partial charge in [0.25, 0.3) is 0 Å². The minimum Gasteiger partial charge on any atom is -0.359 e. The van der Waals surface area contributed by atoms with Crippen molar-refractivity contribution in [2.75, 3.05) is 46.2 Å². The lowest BCUT2D eigenvalue weighted by molar-refractivity contribution is 0.401. The van der Waals surface area contributed by atoms with Gasteiger partial charge in [-0.3, -0.25) is 0 Å². The van der Waals surface area contributed by atoms with Crippen LogP contribution in [0.25, 0.3) is 10.8 Å². The zero-order valence-electron chi connectivity index (χ0n) is 13.6. The van der Waals surface area contributed by atoms with Crippen molar-refractivity contribution in [2.24, 2.45) is 0 Å². The van der Waals surface area contributed by atoms with Crippen LogP contribution < -0.4 is 10.2 Å². The second kappa shape index (κ2) is 7.38. The number of nitrogens with one attached hydrogen (secondary N) is 1. The number of nitrogens with zero attached hydrogens (tertiary/aromatic N) is 3. The number of pyridine rings is 1. The lowest BCUT2D eigenvalue weighted by Gasteiger charge is -2.22. The molecule has 0 aliphatic heterocycles. The van der Waals surface area contributed by atoms with Gasteiger partial charge in [0.1, 0.15) is 5.82 Å². The molecule has 0 radical (unpaired) electrons. The summed E-state index contributed by atoms with van der Waals surface area (Å²) in [5.41, 5.74) is 1.09. The Hall–Kier alpha value is -1.65. The van der Waals surface area contributed by atoms with Gasteiger partial charge >= 0.3 is 0 Å². The number of hydrogen-bond donors (Lipinski definition) is 1. The molecule has 1 aromatic heterocycles. The average Bonchev–Trinajstić information content (AvgIpc) is 2.46. The van der Waals surface area contributed by atoms with Gasteiger partial charge in [-0.05, 0) is 45.6 Å². The smallest absolute Gasteiger partial charge is 0.136 e. The van der Waals surface area contributed by atoms with Crippen LogP contribution in [0.1, 0.15) is 12.1 Å². The summed E-state index contributed by atoms with van der Waals surface area (Å²) in [4.78, 5) is 9.33. The fourth-order valence-electron chi connectivity index (χ4n) is 2.53. The SMILES string of the molecule is CNCc1cc2ccccc2c(N(C)CCCN(C)C)n1. The molecular formula is C17H26N4. The predicted molar refractivity (Wildman–Crippen MR) is 90.9 cm³/mol. The first kappa shape index (κ1) is 15.7. The summed E-state index contributed by atoms with van der Waals surface area (Å²) in [6, 6.07) is 10.7. The first-order valence-corrected chi connectivity index (χ1v) is 7.51. The van der Waals surface area contributed by atoms with Gasteiger partial charge in [-0.25, -0.2) is 4.98 Å². The first-order chi connectivity index (χ1) is 10.1. The maximum atomic E-state index is 4.84. The molecule has 0 saturated carbocycles. The van der Waals surface area contributed by atoms with Crippen LogP contribution in [0.4, 0.5) is 5.82 Å². The molecule has 0 bridgehead atoms. The van der Waals surface area contributed by atoms with Crippen LogP contribution in [0.5, 0.6) is 0 Å². The molecule has 0 spiro atoms. The molecule has 0 aliphatic rings. The fraction of sp³-hybridized carbons (Fsp3) is 0.471. The van der Waals surface area contributed by atoms with Crippen LogP contribution in [-0.4, -0.2) is 51.2 Å². The summed E-state index contributed by atoms with van der Waals surface area (Å²) < 4.78 is 0. The van der Waals surface area contributed by atoms with Crippen LogP contribution in [0.3, 0.4) is 0 Å². The summed E-state index contributed by atoms with van der Waals surface area (Å²) in [7, 11) is 8.31.